The first-order valence-corrected chi connectivity index (χ1v) is 14.1. The predicted molar refractivity (Wildman–Crippen MR) is 138 cm³/mol. The molecule has 0 spiro atoms. The van der Waals surface area contributed by atoms with Crippen molar-refractivity contribution in [1.29, 1.82) is 0 Å². The maximum absolute atomic E-state index is 12.9. The molecule has 1 N–H and O–H groups in total. The molecule has 3 heterocycles. The van der Waals surface area contributed by atoms with Crippen LogP contribution in [0.5, 0.6) is 0 Å². The molecule has 2 aliphatic heterocycles. The SMILES string of the molecule is CN1CCN(c2ccc(CNC(=O)CCc3ccc(S(=O)(=O)N4CCCCCC4)cc3)cn2)CC1. The molecule has 1 amide bonds. The Morgan fingerprint density at radius 1 is 0.886 bits per heavy atom. The Bertz CT molecular complexity index is 1060. The van der Waals surface area contributed by atoms with E-state index in [1.807, 2.05) is 30.5 Å². The van der Waals surface area contributed by atoms with Crippen LogP contribution in [-0.4, -0.2) is 74.8 Å². The van der Waals surface area contributed by atoms with E-state index in [4.69, 9.17) is 0 Å². The summed E-state index contributed by atoms with van der Waals surface area (Å²) in [6.45, 7) is 5.67. The summed E-state index contributed by atoms with van der Waals surface area (Å²) in [7, 11) is -1.31. The molecule has 0 atom stereocenters. The lowest BCUT2D eigenvalue weighted by Gasteiger charge is -2.33. The van der Waals surface area contributed by atoms with E-state index >= 15 is 0 Å². The number of nitrogens with one attached hydrogen (secondary N) is 1. The number of amides is 1. The van der Waals surface area contributed by atoms with Gasteiger partial charge in [0.25, 0.3) is 0 Å². The molecule has 190 valence electrons. The Hall–Kier alpha value is -2.49. The standard InChI is InChI=1S/C26H37N5O3S/c1-29-16-18-30(19-17-29)25-12-8-23(20-27-25)21-28-26(32)13-9-22-6-10-24(11-7-22)35(33,34)31-14-4-2-3-5-15-31/h6-8,10-12,20H,2-5,9,13-19,21H2,1H3,(H,28,32). The van der Waals surface area contributed by atoms with Crippen molar-refractivity contribution in [3.63, 3.8) is 0 Å². The third kappa shape index (κ3) is 7.02. The molecule has 2 saturated heterocycles. The molecular weight excluding hydrogens is 462 g/mol. The Labute approximate surface area is 209 Å². The molecule has 1 aromatic carbocycles. The summed E-state index contributed by atoms with van der Waals surface area (Å²) in [4.78, 5) is 21.9. The molecule has 1 aromatic heterocycles. The summed E-state index contributed by atoms with van der Waals surface area (Å²) < 4.78 is 27.4. The quantitative estimate of drug-likeness (QED) is 0.601. The van der Waals surface area contributed by atoms with Gasteiger partial charge in [0, 0.05) is 58.4 Å². The number of rotatable bonds is 8. The van der Waals surface area contributed by atoms with Gasteiger partial charge < -0.3 is 15.1 Å². The van der Waals surface area contributed by atoms with Crippen LogP contribution in [0.3, 0.4) is 0 Å². The smallest absolute Gasteiger partial charge is 0.243 e. The molecular formula is C26H37N5O3S. The highest BCUT2D eigenvalue weighted by Crippen LogP contribution is 2.21. The van der Waals surface area contributed by atoms with Gasteiger partial charge in [-0.05, 0) is 55.6 Å². The van der Waals surface area contributed by atoms with Crippen LogP contribution in [0, 0.1) is 0 Å². The van der Waals surface area contributed by atoms with E-state index in [0.717, 1.165) is 68.8 Å². The fourth-order valence-corrected chi connectivity index (χ4v) is 6.07. The van der Waals surface area contributed by atoms with Gasteiger partial charge in [-0.1, -0.05) is 31.0 Å². The van der Waals surface area contributed by atoms with Crippen LogP contribution in [0.15, 0.2) is 47.5 Å². The van der Waals surface area contributed by atoms with Crippen LogP contribution >= 0.6 is 0 Å². The molecule has 0 unspecified atom stereocenters. The van der Waals surface area contributed by atoms with Gasteiger partial charge in [0.1, 0.15) is 5.82 Å². The lowest BCUT2D eigenvalue weighted by molar-refractivity contribution is -0.121. The second-order valence-electron chi connectivity index (χ2n) is 9.55. The number of piperazine rings is 1. The first kappa shape index (κ1) is 25.6. The number of aromatic nitrogens is 1. The van der Waals surface area contributed by atoms with E-state index < -0.39 is 10.0 Å². The maximum atomic E-state index is 12.9. The zero-order valence-electron chi connectivity index (χ0n) is 20.7. The minimum atomic E-state index is -3.44. The van der Waals surface area contributed by atoms with E-state index in [2.05, 4.69) is 27.1 Å². The average molecular weight is 500 g/mol. The minimum absolute atomic E-state index is 0.0330. The lowest BCUT2D eigenvalue weighted by atomic mass is 10.1. The van der Waals surface area contributed by atoms with Gasteiger partial charge >= 0.3 is 0 Å². The number of carbonyl (C=O) groups excluding carboxylic acids is 1. The zero-order valence-corrected chi connectivity index (χ0v) is 21.5. The first-order valence-electron chi connectivity index (χ1n) is 12.7. The van der Waals surface area contributed by atoms with Crippen LogP contribution in [0.2, 0.25) is 0 Å². The second-order valence-corrected chi connectivity index (χ2v) is 11.5. The van der Waals surface area contributed by atoms with Crippen molar-refractivity contribution < 1.29 is 13.2 Å². The van der Waals surface area contributed by atoms with Gasteiger partial charge in [-0.3, -0.25) is 4.79 Å². The normalized spacial score (nSPS) is 18.3. The van der Waals surface area contributed by atoms with Crippen LogP contribution in [-0.2, 0) is 27.8 Å². The van der Waals surface area contributed by atoms with Crippen molar-refractivity contribution in [2.24, 2.45) is 0 Å². The lowest BCUT2D eigenvalue weighted by Crippen LogP contribution is -2.44. The number of likely N-dealkylation sites (N-methyl/N-ethyl adjacent to an activating group) is 1. The van der Waals surface area contributed by atoms with Crippen molar-refractivity contribution >= 4 is 21.7 Å². The minimum Gasteiger partial charge on any atom is -0.354 e. The fraction of sp³-hybridized carbons (Fsp3) is 0.538. The number of hydrogen-bond acceptors (Lipinski definition) is 6. The molecule has 2 fully saturated rings. The number of benzene rings is 1. The largest absolute Gasteiger partial charge is 0.354 e. The van der Waals surface area contributed by atoms with Crippen molar-refractivity contribution in [3.05, 3.63) is 53.7 Å². The predicted octanol–water partition coefficient (Wildman–Crippen LogP) is 2.65. The molecule has 8 nitrogen and oxygen atoms in total. The Morgan fingerprint density at radius 3 is 2.17 bits per heavy atom. The Kier molecular flexibility index (Phi) is 8.75. The van der Waals surface area contributed by atoms with Crippen molar-refractivity contribution in [2.75, 3.05) is 51.2 Å². The monoisotopic (exact) mass is 499 g/mol. The summed E-state index contributed by atoms with van der Waals surface area (Å²) in [5.41, 5.74) is 1.92. The van der Waals surface area contributed by atoms with E-state index in [9.17, 15) is 13.2 Å². The average Bonchev–Trinajstić information content (AvgIpc) is 3.18. The highest BCUT2D eigenvalue weighted by molar-refractivity contribution is 7.89. The van der Waals surface area contributed by atoms with Gasteiger partial charge in [0.05, 0.1) is 4.90 Å². The Morgan fingerprint density at radius 2 is 1.54 bits per heavy atom. The molecule has 2 aromatic rings. The van der Waals surface area contributed by atoms with Crippen LogP contribution in [0.1, 0.15) is 43.2 Å². The summed E-state index contributed by atoms with van der Waals surface area (Å²) in [5, 5.41) is 2.96. The zero-order chi connectivity index (χ0) is 24.7. The summed E-state index contributed by atoms with van der Waals surface area (Å²) in [6, 6.07) is 11.0. The van der Waals surface area contributed by atoms with Crippen molar-refractivity contribution in [3.8, 4) is 0 Å². The molecule has 4 rings (SSSR count). The highest BCUT2D eigenvalue weighted by Gasteiger charge is 2.25. The summed E-state index contributed by atoms with van der Waals surface area (Å²) >= 11 is 0. The highest BCUT2D eigenvalue weighted by atomic mass is 32.2. The number of anilines is 1. The van der Waals surface area contributed by atoms with E-state index in [1.54, 1.807) is 16.4 Å². The molecule has 0 aliphatic carbocycles. The van der Waals surface area contributed by atoms with Crippen molar-refractivity contribution in [2.45, 2.75) is 50.0 Å². The summed E-state index contributed by atoms with van der Waals surface area (Å²) in [5.74, 6) is 0.948. The molecule has 35 heavy (non-hydrogen) atoms. The third-order valence-electron chi connectivity index (χ3n) is 6.89. The Balaban J connectivity index is 1.22. The number of hydrogen-bond donors (Lipinski definition) is 1. The van der Waals surface area contributed by atoms with E-state index in [0.29, 0.717) is 37.4 Å². The van der Waals surface area contributed by atoms with Crippen LogP contribution in [0.25, 0.3) is 0 Å². The second kappa shape index (κ2) is 12.0. The van der Waals surface area contributed by atoms with Gasteiger partial charge in [-0.25, -0.2) is 13.4 Å². The van der Waals surface area contributed by atoms with E-state index in [1.165, 1.54) is 0 Å². The van der Waals surface area contributed by atoms with Gasteiger partial charge in [-0.2, -0.15) is 4.31 Å². The molecule has 0 bridgehead atoms. The van der Waals surface area contributed by atoms with E-state index in [-0.39, 0.29) is 5.91 Å². The number of pyridine rings is 1. The molecule has 0 radical (unpaired) electrons. The number of carbonyl (C=O) groups is 1. The van der Waals surface area contributed by atoms with Gasteiger partial charge in [-0.15, -0.1) is 0 Å². The molecule has 9 heteroatoms. The van der Waals surface area contributed by atoms with Gasteiger partial charge in [0.15, 0.2) is 0 Å². The molecule has 2 aliphatic rings. The summed E-state index contributed by atoms with van der Waals surface area (Å²) in [6.07, 6.45) is 6.77. The number of nitrogens with zero attached hydrogens (tertiary/aromatic N) is 4. The van der Waals surface area contributed by atoms with Crippen LogP contribution in [0.4, 0.5) is 5.82 Å². The van der Waals surface area contributed by atoms with Crippen molar-refractivity contribution in [1.82, 2.24) is 19.5 Å². The number of sulfonamides is 1. The fourth-order valence-electron chi connectivity index (χ4n) is 4.55. The van der Waals surface area contributed by atoms with Crippen LogP contribution < -0.4 is 10.2 Å². The van der Waals surface area contributed by atoms with Gasteiger partial charge in [0.2, 0.25) is 15.9 Å². The number of aryl methyl sites for hydroxylation is 1. The maximum Gasteiger partial charge on any atom is 0.243 e. The third-order valence-corrected chi connectivity index (χ3v) is 8.81. The first-order chi connectivity index (χ1) is 16.9. The topological polar surface area (TPSA) is 85.8 Å². The molecule has 0 saturated carbocycles.